The van der Waals surface area contributed by atoms with E-state index in [4.69, 9.17) is 21.1 Å². The van der Waals surface area contributed by atoms with E-state index in [0.717, 1.165) is 35.9 Å². The number of ether oxygens (including phenoxy) is 2. The molecule has 2 aliphatic heterocycles. The third-order valence-electron chi connectivity index (χ3n) is 7.65. The van der Waals surface area contributed by atoms with Crippen molar-refractivity contribution in [1.29, 1.82) is 0 Å². The zero-order chi connectivity index (χ0) is 29.1. The molecule has 3 heterocycles. The smallest absolute Gasteiger partial charge is 0.410 e. The van der Waals surface area contributed by atoms with Crippen molar-refractivity contribution < 1.29 is 19.1 Å². The van der Waals surface area contributed by atoms with Crippen LogP contribution in [-0.2, 0) is 4.74 Å². The van der Waals surface area contributed by atoms with E-state index in [9.17, 15) is 9.59 Å². The van der Waals surface area contributed by atoms with Crippen molar-refractivity contribution in [2.24, 2.45) is 0 Å². The number of benzene rings is 2. The predicted octanol–water partition coefficient (Wildman–Crippen LogP) is 5.61. The normalized spacial score (nSPS) is 16.6. The third kappa shape index (κ3) is 6.62. The van der Waals surface area contributed by atoms with Gasteiger partial charge in [0.05, 0.1) is 30.3 Å². The monoisotopic (exact) mass is 579 g/mol. The zero-order valence-corrected chi connectivity index (χ0v) is 24.9. The summed E-state index contributed by atoms with van der Waals surface area (Å²) in [6.07, 6.45) is 2.82. The molecule has 2 aliphatic rings. The molecule has 0 aliphatic carbocycles. The first-order chi connectivity index (χ1) is 19.6. The topological polar surface area (TPSA) is 80.1 Å². The summed E-state index contributed by atoms with van der Waals surface area (Å²) >= 11 is 6.16. The van der Waals surface area contributed by atoms with Crippen LogP contribution in [0.15, 0.2) is 54.7 Å². The lowest BCUT2D eigenvalue weighted by molar-refractivity contribution is 0.0203. The summed E-state index contributed by atoms with van der Waals surface area (Å²) in [5.41, 5.74) is 2.93. The van der Waals surface area contributed by atoms with E-state index in [0.29, 0.717) is 49.6 Å². The van der Waals surface area contributed by atoms with Crippen molar-refractivity contribution in [3.05, 3.63) is 71.0 Å². The molecule has 0 radical (unpaired) electrons. The molecular formula is C31H38ClN5O4. The highest BCUT2D eigenvalue weighted by Gasteiger charge is 2.34. The molecule has 0 N–H and O–H groups in total. The number of anilines is 1. The van der Waals surface area contributed by atoms with E-state index in [-0.39, 0.29) is 17.9 Å². The third-order valence-corrected chi connectivity index (χ3v) is 7.90. The molecule has 0 atom stereocenters. The van der Waals surface area contributed by atoms with Crippen LogP contribution in [0.4, 0.5) is 10.5 Å². The van der Waals surface area contributed by atoms with E-state index in [1.807, 2.05) is 78.9 Å². The highest BCUT2D eigenvalue weighted by atomic mass is 35.5. The predicted molar refractivity (Wildman–Crippen MR) is 159 cm³/mol. The van der Waals surface area contributed by atoms with Crippen LogP contribution < -0.4 is 9.64 Å². The Morgan fingerprint density at radius 2 is 1.46 bits per heavy atom. The van der Waals surface area contributed by atoms with E-state index in [1.165, 1.54) is 0 Å². The van der Waals surface area contributed by atoms with Gasteiger partial charge in [-0.2, -0.15) is 5.10 Å². The molecular weight excluding hydrogens is 542 g/mol. The molecule has 0 saturated carbocycles. The van der Waals surface area contributed by atoms with Gasteiger partial charge in [-0.15, -0.1) is 0 Å². The Morgan fingerprint density at radius 3 is 2.05 bits per heavy atom. The largest absolute Gasteiger partial charge is 0.497 e. The fourth-order valence-corrected chi connectivity index (χ4v) is 5.62. The molecule has 0 bridgehead atoms. The molecule has 3 aromatic rings. The Balaban J connectivity index is 1.34. The van der Waals surface area contributed by atoms with Crippen LogP contribution in [0.5, 0.6) is 5.75 Å². The Bertz CT molecular complexity index is 1350. The molecule has 1 aromatic heterocycles. The van der Waals surface area contributed by atoms with Crippen LogP contribution in [0.3, 0.4) is 0 Å². The maximum absolute atomic E-state index is 13.9. The average Bonchev–Trinajstić information content (AvgIpc) is 3.42. The summed E-state index contributed by atoms with van der Waals surface area (Å²) in [6, 6.07) is 15.5. The fourth-order valence-electron chi connectivity index (χ4n) is 5.50. The van der Waals surface area contributed by atoms with Crippen molar-refractivity contribution in [2.75, 3.05) is 51.3 Å². The lowest BCUT2D eigenvalue weighted by atomic mass is 9.90. The molecule has 2 amide bonds. The summed E-state index contributed by atoms with van der Waals surface area (Å²) in [4.78, 5) is 32.6. The number of carbonyl (C=O) groups is 2. The van der Waals surface area contributed by atoms with Crippen LogP contribution in [0.1, 0.15) is 55.6 Å². The minimum atomic E-state index is -0.544. The number of nitrogens with zero attached hydrogens (tertiary/aromatic N) is 5. The standard InChI is InChI=1S/C31H38ClN5O4/c1-31(2,3)41-30(39)36-15-13-22(14-16-36)28-27(21-33-37(28)25-7-5-23(32)6-8-25)29(38)35-19-17-34(18-20-35)24-9-11-26(40-4)12-10-24/h5-12,21-22H,13-20H2,1-4H3. The number of amides is 2. The van der Waals surface area contributed by atoms with Gasteiger partial charge in [0.2, 0.25) is 0 Å². The minimum absolute atomic E-state index is 0.0100. The molecule has 41 heavy (non-hydrogen) atoms. The van der Waals surface area contributed by atoms with Gasteiger partial charge in [0.25, 0.3) is 5.91 Å². The second-order valence-corrected chi connectivity index (χ2v) is 12.0. The molecule has 5 rings (SSSR count). The number of hydrogen-bond acceptors (Lipinski definition) is 6. The number of piperidine rings is 1. The van der Waals surface area contributed by atoms with Crippen molar-refractivity contribution in [3.8, 4) is 11.4 Å². The van der Waals surface area contributed by atoms with Crippen LogP contribution in [0.25, 0.3) is 5.69 Å². The number of carbonyl (C=O) groups excluding carboxylic acids is 2. The summed E-state index contributed by atoms with van der Waals surface area (Å²) in [5.74, 6) is 0.875. The lowest BCUT2D eigenvalue weighted by Gasteiger charge is -2.37. The second-order valence-electron chi connectivity index (χ2n) is 11.6. The molecule has 9 nitrogen and oxygen atoms in total. The Morgan fingerprint density at radius 1 is 0.854 bits per heavy atom. The Kier molecular flexibility index (Phi) is 8.45. The van der Waals surface area contributed by atoms with Crippen molar-refractivity contribution in [2.45, 2.75) is 45.1 Å². The highest BCUT2D eigenvalue weighted by Crippen LogP contribution is 2.34. The van der Waals surface area contributed by atoms with Gasteiger partial charge in [-0.3, -0.25) is 4.79 Å². The average molecular weight is 580 g/mol. The number of methoxy groups -OCH3 is 1. The van der Waals surface area contributed by atoms with E-state index < -0.39 is 5.60 Å². The molecule has 218 valence electrons. The summed E-state index contributed by atoms with van der Waals surface area (Å²) in [5, 5.41) is 5.33. The van der Waals surface area contributed by atoms with Crippen LogP contribution >= 0.6 is 11.6 Å². The first-order valence-electron chi connectivity index (χ1n) is 14.1. The van der Waals surface area contributed by atoms with Crippen LogP contribution in [0.2, 0.25) is 5.02 Å². The number of hydrogen-bond donors (Lipinski definition) is 0. The molecule has 0 unspecified atom stereocenters. The first kappa shape index (κ1) is 28.8. The Labute approximate surface area is 246 Å². The van der Waals surface area contributed by atoms with E-state index in [1.54, 1.807) is 18.2 Å². The van der Waals surface area contributed by atoms with Crippen LogP contribution in [0, 0.1) is 0 Å². The molecule has 2 saturated heterocycles. The van der Waals surface area contributed by atoms with Crippen LogP contribution in [-0.4, -0.2) is 83.6 Å². The summed E-state index contributed by atoms with van der Waals surface area (Å²) < 4.78 is 12.7. The Hall–Kier alpha value is -3.72. The van der Waals surface area contributed by atoms with Gasteiger partial charge in [-0.05, 0) is 82.1 Å². The van der Waals surface area contributed by atoms with Gasteiger partial charge in [0.15, 0.2) is 0 Å². The lowest BCUT2D eigenvalue weighted by Crippen LogP contribution is -2.49. The number of piperazine rings is 1. The summed E-state index contributed by atoms with van der Waals surface area (Å²) in [6.45, 7) is 9.45. The summed E-state index contributed by atoms with van der Waals surface area (Å²) in [7, 11) is 1.66. The SMILES string of the molecule is COc1ccc(N2CCN(C(=O)c3cnn(-c4ccc(Cl)cc4)c3C3CCN(C(=O)OC(C)(C)C)CC3)CC2)cc1. The second kappa shape index (κ2) is 12.0. The first-order valence-corrected chi connectivity index (χ1v) is 14.5. The van der Waals surface area contributed by atoms with E-state index >= 15 is 0 Å². The number of rotatable bonds is 5. The van der Waals surface area contributed by atoms with Gasteiger partial charge in [0.1, 0.15) is 11.4 Å². The number of halogens is 1. The number of likely N-dealkylation sites (tertiary alicyclic amines) is 1. The van der Waals surface area contributed by atoms with Gasteiger partial charge >= 0.3 is 6.09 Å². The molecule has 2 fully saturated rings. The van der Waals surface area contributed by atoms with Gasteiger partial charge in [-0.25, -0.2) is 9.48 Å². The maximum atomic E-state index is 13.9. The number of aromatic nitrogens is 2. The zero-order valence-electron chi connectivity index (χ0n) is 24.2. The quantitative estimate of drug-likeness (QED) is 0.391. The molecule has 10 heteroatoms. The van der Waals surface area contributed by atoms with Gasteiger partial charge < -0.3 is 24.2 Å². The fraction of sp³-hybridized carbons (Fsp3) is 0.452. The van der Waals surface area contributed by atoms with Gasteiger partial charge in [0, 0.05) is 55.9 Å². The van der Waals surface area contributed by atoms with Crippen molar-refractivity contribution in [1.82, 2.24) is 19.6 Å². The van der Waals surface area contributed by atoms with Gasteiger partial charge in [-0.1, -0.05) is 11.6 Å². The molecule has 2 aromatic carbocycles. The minimum Gasteiger partial charge on any atom is -0.497 e. The van der Waals surface area contributed by atoms with Crippen molar-refractivity contribution in [3.63, 3.8) is 0 Å². The van der Waals surface area contributed by atoms with Crippen molar-refractivity contribution >= 4 is 29.3 Å². The highest BCUT2D eigenvalue weighted by molar-refractivity contribution is 6.30. The van der Waals surface area contributed by atoms with E-state index in [2.05, 4.69) is 10.00 Å². The maximum Gasteiger partial charge on any atom is 0.410 e. The molecule has 0 spiro atoms.